The Labute approximate surface area is 176 Å². The molecule has 0 atom stereocenters. The third-order valence-electron chi connectivity index (χ3n) is 5.27. The van der Waals surface area contributed by atoms with Crippen LogP contribution in [-0.4, -0.2) is 33.3 Å². The fourth-order valence-corrected chi connectivity index (χ4v) is 3.68. The number of benzene rings is 2. The Morgan fingerprint density at radius 3 is 2.55 bits per heavy atom. The number of hydrogen-bond acceptors (Lipinski definition) is 3. The molecule has 1 aromatic heterocycles. The molecule has 3 rings (SSSR count). The molecule has 0 aliphatic rings. The number of fused-ring (bicyclic) bond motifs is 1. The van der Waals surface area contributed by atoms with E-state index in [0.29, 0.717) is 23.8 Å². The van der Waals surface area contributed by atoms with Crippen molar-refractivity contribution in [2.75, 3.05) is 18.5 Å². The molecule has 2 aromatic carbocycles. The molecule has 0 spiro atoms. The zero-order valence-corrected chi connectivity index (χ0v) is 18.1. The van der Waals surface area contributed by atoms with E-state index < -0.39 is 0 Å². The Bertz CT molecular complexity index is 1120. The van der Waals surface area contributed by atoms with Crippen molar-refractivity contribution in [1.82, 2.24) is 9.88 Å². The predicted octanol–water partition coefficient (Wildman–Crippen LogP) is 3.95. The van der Waals surface area contributed by atoms with Crippen LogP contribution in [-0.2, 0) is 6.54 Å². The molecule has 0 unspecified atom stereocenters. The third-order valence-corrected chi connectivity index (χ3v) is 5.63. The molecule has 29 heavy (non-hydrogen) atoms. The van der Waals surface area contributed by atoms with Gasteiger partial charge in [0.2, 0.25) is 0 Å². The maximum atomic E-state index is 12.7. The van der Waals surface area contributed by atoms with E-state index in [-0.39, 0.29) is 12.2 Å². The van der Waals surface area contributed by atoms with E-state index in [0.717, 1.165) is 33.3 Å². The second-order valence-corrected chi connectivity index (χ2v) is 7.88. The van der Waals surface area contributed by atoms with Gasteiger partial charge in [-0.2, -0.15) is 0 Å². The Balaban J connectivity index is 1.88. The van der Waals surface area contributed by atoms with Crippen molar-refractivity contribution in [3.8, 4) is 0 Å². The summed E-state index contributed by atoms with van der Waals surface area (Å²) < 4.78 is 0. The van der Waals surface area contributed by atoms with E-state index in [1.54, 1.807) is 0 Å². The first-order valence-corrected chi connectivity index (χ1v) is 10.1. The van der Waals surface area contributed by atoms with Gasteiger partial charge in [0.15, 0.2) is 5.11 Å². The number of pyridine rings is 1. The van der Waals surface area contributed by atoms with Crippen molar-refractivity contribution >= 4 is 33.9 Å². The summed E-state index contributed by atoms with van der Waals surface area (Å²) in [7, 11) is 0. The molecule has 0 aliphatic carbocycles. The van der Waals surface area contributed by atoms with Crippen LogP contribution in [0.2, 0.25) is 0 Å². The maximum Gasteiger partial charge on any atom is 0.253 e. The number of aliphatic hydroxyl groups excluding tert-OH is 1. The summed E-state index contributed by atoms with van der Waals surface area (Å²) in [4.78, 5) is 17.5. The standard InChI is InChI=1S/C23H27N3O2S/c1-14-5-8-20(16(3)11-14)24-23(29)26(9-10-27)13-19-12-18-7-6-15(2)17(4)21(18)25-22(19)28/h5-8,11-12,27H,9-10,13H2,1-4H3,(H,24,29)(H,25,28). The molecule has 5 nitrogen and oxygen atoms in total. The molecular formula is C23H27N3O2S. The minimum Gasteiger partial charge on any atom is -0.395 e. The van der Waals surface area contributed by atoms with Crippen molar-refractivity contribution in [3.63, 3.8) is 0 Å². The fourth-order valence-electron chi connectivity index (χ4n) is 3.41. The number of thiocarbonyl (C=S) groups is 1. The number of nitrogens with one attached hydrogen (secondary N) is 2. The van der Waals surface area contributed by atoms with Crippen LogP contribution in [0.5, 0.6) is 0 Å². The van der Waals surface area contributed by atoms with Gasteiger partial charge in [0.1, 0.15) is 0 Å². The molecule has 0 fully saturated rings. The lowest BCUT2D eigenvalue weighted by atomic mass is 10.0. The highest BCUT2D eigenvalue weighted by molar-refractivity contribution is 7.80. The van der Waals surface area contributed by atoms with Gasteiger partial charge in [0.05, 0.1) is 18.7 Å². The number of aromatic amines is 1. The number of aryl methyl sites for hydroxylation is 4. The third kappa shape index (κ3) is 4.66. The van der Waals surface area contributed by atoms with Crippen molar-refractivity contribution in [1.29, 1.82) is 0 Å². The molecule has 0 saturated heterocycles. The van der Waals surface area contributed by atoms with Gasteiger partial charge in [-0.3, -0.25) is 4.79 Å². The van der Waals surface area contributed by atoms with Crippen LogP contribution in [0.1, 0.15) is 27.8 Å². The Morgan fingerprint density at radius 1 is 1.10 bits per heavy atom. The smallest absolute Gasteiger partial charge is 0.253 e. The van der Waals surface area contributed by atoms with Crippen LogP contribution in [0.3, 0.4) is 0 Å². The molecule has 0 bridgehead atoms. The highest BCUT2D eigenvalue weighted by atomic mass is 32.1. The van der Waals surface area contributed by atoms with Gasteiger partial charge < -0.3 is 20.3 Å². The number of nitrogens with zero attached hydrogens (tertiary/aromatic N) is 1. The van der Waals surface area contributed by atoms with Gasteiger partial charge in [-0.15, -0.1) is 0 Å². The van der Waals surface area contributed by atoms with Gasteiger partial charge in [-0.1, -0.05) is 29.8 Å². The predicted molar refractivity (Wildman–Crippen MR) is 124 cm³/mol. The van der Waals surface area contributed by atoms with Crippen molar-refractivity contribution in [3.05, 3.63) is 74.6 Å². The van der Waals surface area contributed by atoms with E-state index in [2.05, 4.69) is 22.4 Å². The number of aliphatic hydroxyl groups is 1. The summed E-state index contributed by atoms with van der Waals surface area (Å²) in [5.41, 5.74) is 6.74. The molecule has 3 N–H and O–H groups in total. The van der Waals surface area contributed by atoms with Gasteiger partial charge in [0, 0.05) is 17.8 Å². The number of aromatic nitrogens is 1. The van der Waals surface area contributed by atoms with Crippen molar-refractivity contribution < 1.29 is 5.11 Å². The van der Waals surface area contributed by atoms with Gasteiger partial charge in [-0.25, -0.2) is 0 Å². The second kappa shape index (κ2) is 8.76. The van der Waals surface area contributed by atoms with E-state index in [1.807, 2.05) is 56.9 Å². The lowest BCUT2D eigenvalue weighted by Gasteiger charge is -2.25. The monoisotopic (exact) mass is 409 g/mol. The minimum absolute atomic E-state index is 0.0571. The molecule has 3 aromatic rings. The first-order valence-electron chi connectivity index (χ1n) is 9.66. The van der Waals surface area contributed by atoms with Crippen molar-refractivity contribution in [2.45, 2.75) is 34.2 Å². The summed E-state index contributed by atoms with van der Waals surface area (Å²) in [5, 5.41) is 14.2. The summed E-state index contributed by atoms with van der Waals surface area (Å²) >= 11 is 5.58. The lowest BCUT2D eigenvalue weighted by molar-refractivity contribution is 0.248. The molecule has 6 heteroatoms. The van der Waals surface area contributed by atoms with Crippen LogP contribution >= 0.6 is 12.2 Å². The number of hydrogen-bond donors (Lipinski definition) is 3. The van der Waals surface area contributed by atoms with E-state index in [4.69, 9.17) is 12.2 Å². The summed E-state index contributed by atoms with van der Waals surface area (Å²) in [5.74, 6) is 0. The summed E-state index contributed by atoms with van der Waals surface area (Å²) in [6, 6.07) is 12.1. The van der Waals surface area contributed by atoms with Crippen LogP contribution in [0.15, 0.2) is 41.2 Å². The zero-order valence-electron chi connectivity index (χ0n) is 17.3. The number of anilines is 1. The van der Waals surface area contributed by atoms with Gasteiger partial charge in [0.25, 0.3) is 5.56 Å². The zero-order chi connectivity index (χ0) is 21.1. The molecule has 0 radical (unpaired) electrons. The Morgan fingerprint density at radius 2 is 1.86 bits per heavy atom. The highest BCUT2D eigenvalue weighted by Gasteiger charge is 2.14. The average Bonchev–Trinajstić information content (AvgIpc) is 2.67. The molecule has 0 amide bonds. The molecule has 0 aliphatic heterocycles. The second-order valence-electron chi connectivity index (χ2n) is 7.49. The molecule has 0 saturated carbocycles. The molecule has 1 heterocycles. The van der Waals surface area contributed by atoms with Crippen LogP contribution in [0.4, 0.5) is 5.69 Å². The topological polar surface area (TPSA) is 68.4 Å². The summed E-state index contributed by atoms with van der Waals surface area (Å²) in [6.07, 6.45) is 0. The fraction of sp³-hybridized carbons (Fsp3) is 0.304. The number of rotatable bonds is 5. The van der Waals surface area contributed by atoms with E-state index >= 15 is 0 Å². The average molecular weight is 410 g/mol. The van der Waals surface area contributed by atoms with Crippen LogP contribution in [0, 0.1) is 27.7 Å². The highest BCUT2D eigenvalue weighted by Crippen LogP contribution is 2.20. The molecule has 152 valence electrons. The lowest BCUT2D eigenvalue weighted by Crippen LogP contribution is -2.38. The normalized spacial score (nSPS) is 10.9. The summed E-state index contributed by atoms with van der Waals surface area (Å²) in [6.45, 7) is 8.69. The minimum atomic E-state index is -0.136. The van der Waals surface area contributed by atoms with Gasteiger partial charge in [-0.05, 0) is 74.1 Å². The van der Waals surface area contributed by atoms with Crippen LogP contribution in [0.25, 0.3) is 10.9 Å². The Hall–Kier alpha value is -2.70. The van der Waals surface area contributed by atoms with Crippen molar-refractivity contribution in [2.24, 2.45) is 0 Å². The first-order chi connectivity index (χ1) is 13.8. The maximum absolute atomic E-state index is 12.7. The first kappa shape index (κ1) is 21.0. The van der Waals surface area contributed by atoms with E-state index in [1.165, 1.54) is 5.56 Å². The molecular weight excluding hydrogens is 382 g/mol. The van der Waals surface area contributed by atoms with E-state index in [9.17, 15) is 9.90 Å². The Kier molecular flexibility index (Phi) is 6.35. The largest absolute Gasteiger partial charge is 0.395 e. The van der Waals surface area contributed by atoms with Crippen LogP contribution < -0.4 is 10.9 Å². The quantitative estimate of drug-likeness (QED) is 0.557. The SMILES string of the molecule is Cc1ccc(NC(=S)N(CCO)Cc2cc3ccc(C)c(C)c3[nH]c2=O)c(C)c1. The number of H-pyrrole nitrogens is 1. The van der Waals surface area contributed by atoms with Gasteiger partial charge >= 0.3 is 0 Å².